The van der Waals surface area contributed by atoms with Gasteiger partial charge >= 0.3 is 6.09 Å². The molecule has 41 heavy (non-hydrogen) atoms. The third-order valence-electron chi connectivity index (χ3n) is 7.21. The lowest BCUT2D eigenvalue weighted by Gasteiger charge is -2.32. The van der Waals surface area contributed by atoms with Gasteiger partial charge in [0.1, 0.15) is 11.4 Å². The zero-order chi connectivity index (χ0) is 30.6. The molecule has 2 aliphatic heterocycles. The fourth-order valence-corrected chi connectivity index (χ4v) is 5.44. The fraction of sp³-hybridized carbons (Fsp3) is 0.543. The Hall–Kier alpha value is -3.12. The lowest BCUT2D eigenvalue weighted by Crippen LogP contribution is -2.36. The molecular weight excluding hydrogens is 510 g/mol. The Morgan fingerprint density at radius 1 is 1.02 bits per heavy atom. The second-order valence-electron chi connectivity index (χ2n) is 11.0. The largest absolute Gasteiger partial charge is 0.444 e. The van der Waals surface area contributed by atoms with Crippen molar-refractivity contribution in [3.8, 4) is 11.1 Å². The van der Waals surface area contributed by atoms with E-state index >= 15 is 0 Å². The summed E-state index contributed by atoms with van der Waals surface area (Å²) in [5, 5.41) is 0. The minimum absolute atomic E-state index is 0.0111. The van der Waals surface area contributed by atoms with Crippen LogP contribution in [0, 0.1) is 0 Å². The zero-order valence-electron chi connectivity index (χ0n) is 26.9. The van der Waals surface area contributed by atoms with Crippen molar-refractivity contribution in [3.05, 3.63) is 65.4 Å². The molecule has 1 unspecified atom stereocenters. The standard InChI is InChI=1S/C31H41N3O3.2C2H6/c1-6-9-21(7-2)26-19-24(20-33-29(26)32)23-11-12-25(22-13-16-36-17-14-22)27(18-23)28-10-8-15-34(28)30(35)37-31(3,4)5;2*1-2/h6-7,9,11-12,18-20,22,28H,8,10,13-17H2,1-5H3,(H2,32,33);2*1-2H3/b9-6-,21-7+;;. The molecule has 1 amide bonds. The van der Waals surface area contributed by atoms with Crippen LogP contribution >= 0.6 is 0 Å². The maximum atomic E-state index is 13.2. The average Bonchev–Trinajstić information content (AvgIpc) is 3.48. The molecule has 0 radical (unpaired) electrons. The van der Waals surface area contributed by atoms with E-state index in [0.29, 0.717) is 18.3 Å². The van der Waals surface area contributed by atoms with Crippen LogP contribution in [0.1, 0.15) is 117 Å². The zero-order valence-corrected chi connectivity index (χ0v) is 26.9. The second kappa shape index (κ2) is 16.4. The van der Waals surface area contributed by atoms with Crippen molar-refractivity contribution in [2.75, 3.05) is 25.5 Å². The number of anilines is 1. The van der Waals surface area contributed by atoms with Crippen LogP contribution in [0.15, 0.2) is 48.7 Å². The molecule has 3 heterocycles. The van der Waals surface area contributed by atoms with Gasteiger partial charge < -0.3 is 20.1 Å². The van der Waals surface area contributed by atoms with Gasteiger partial charge in [-0.05, 0) is 101 Å². The third kappa shape index (κ3) is 8.93. The van der Waals surface area contributed by atoms with Crippen LogP contribution in [-0.2, 0) is 9.47 Å². The molecule has 226 valence electrons. The van der Waals surface area contributed by atoms with E-state index in [9.17, 15) is 4.79 Å². The highest BCUT2D eigenvalue weighted by molar-refractivity contribution is 5.82. The number of carbonyl (C=O) groups is 1. The van der Waals surface area contributed by atoms with Crippen molar-refractivity contribution < 1.29 is 14.3 Å². The molecule has 1 atom stereocenters. The third-order valence-corrected chi connectivity index (χ3v) is 7.21. The average molecular weight is 564 g/mol. The molecule has 2 aromatic rings. The molecule has 2 saturated heterocycles. The predicted octanol–water partition coefficient (Wildman–Crippen LogP) is 9.33. The maximum Gasteiger partial charge on any atom is 0.410 e. The van der Waals surface area contributed by atoms with E-state index < -0.39 is 5.60 Å². The summed E-state index contributed by atoms with van der Waals surface area (Å²) in [5.41, 5.74) is 12.3. The van der Waals surface area contributed by atoms with E-state index in [1.54, 1.807) is 0 Å². The molecule has 0 aliphatic carbocycles. The van der Waals surface area contributed by atoms with Gasteiger partial charge in [-0.2, -0.15) is 0 Å². The van der Waals surface area contributed by atoms with Gasteiger partial charge in [-0.3, -0.25) is 0 Å². The Labute approximate surface area is 249 Å². The molecule has 1 aromatic carbocycles. The van der Waals surface area contributed by atoms with Gasteiger partial charge in [0.15, 0.2) is 0 Å². The van der Waals surface area contributed by atoms with Crippen molar-refractivity contribution in [3.63, 3.8) is 0 Å². The lowest BCUT2D eigenvalue weighted by molar-refractivity contribution is 0.0222. The van der Waals surface area contributed by atoms with Crippen LogP contribution in [-0.4, -0.2) is 41.3 Å². The second-order valence-corrected chi connectivity index (χ2v) is 11.0. The molecule has 0 saturated carbocycles. The molecule has 2 N–H and O–H groups in total. The number of benzene rings is 1. The first kappa shape index (κ1) is 34.1. The first-order chi connectivity index (χ1) is 19.7. The quantitative estimate of drug-likeness (QED) is 0.367. The number of likely N-dealkylation sites (tertiary alicyclic amines) is 1. The molecule has 0 spiro atoms. The fourth-order valence-electron chi connectivity index (χ4n) is 5.44. The number of rotatable bonds is 5. The summed E-state index contributed by atoms with van der Waals surface area (Å²) >= 11 is 0. The van der Waals surface area contributed by atoms with Crippen LogP contribution in [0.25, 0.3) is 16.7 Å². The summed E-state index contributed by atoms with van der Waals surface area (Å²) in [6.45, 7) is 20.0. The summed E-state index contributed by atoms with van der Waals surface area (Å²) < 4.78 is 11.5. The van der Waals surface area contributed by atoms with E-state index in [-0.39, 0.29) is 12.1 Å². The minimum Gasteiger partial charge on any atom is -0.444 e. The van der Waals surface area contributed by atoms with Gasteiger partial charge in [-0.25, -0.2) is 9.78 Å². The minimum atomic E-state index is -0.529. The number of amides is 1. The van der Waals surface area contributed by atoms with Crippen LogP contribution in [0.2, 0.25) is 0 Å². The van der Waals surface area contributed by atoms with Gasteiger partial charge in [0, 0.05) is 37.1 Å². The maximum absolute atomic E-state index is 13.2. The number of pyridine rings is 1. The smallest absolute Gasteiger partial charge is 0.410 e. The van der Waals surface area contributed by atoms with Gasteiger partial charge in [-0.1, -0.05) is 58.1 Å². The van der Waals surface area contributed by atoms with Crippen molar-refractivity contribution in [2.24, 2.45) is 0 Å². The van der Waals surface area contributed by atoms with E-state index in [1.807, 2.05) is 91.6 Å². The Balaban J connectivity index is 0.00000141. The SMILES string of the molecule is C/C=C\C(=C/C)c1cc(-c2ccc(C3CCOCC3)c(C3CCCN3C(=O)OC(C)(C)C)c2)cnc1N.CC.CC. The van der Waals surface area contributed by atoms with Crippen LogP contribution in [0.5, 0.6) is 0 Å². The van der Waals surface area contributed by atoms with Gasteiger partial charge in [0.25, 0.3) is 0 Å². The van der Waals surface area contributed by atoms with Crippen molar-refractivity contribution in [2.45, 2.75) is 106 Å². The molecule has 0 bridgehead atoms. The number of aromatic nitrogens is 1. The van der Waals surface area contributed by atoms with Gasteiger partial charge in [0.05, 0.1) is 6.04 Å². The van der Waals surface area contributed by atoms with E-state index in [1.165, 1.54) is 11.1 Å². The number of nitrogens with zero attached hydrogens (tertiary/aromatic N) is 2. The highest BCUT2D eigenvalue weighted by Gasteiger charge is 2.35. The first-order valence-electron chi connectivity index (χ1n) is 15.5. The normalized spacial score (nSPS) is 17.9. The molecule has 2 fully saturated rings. The summed E-state index contributed by atoms with van der Waals surface area (Å²) in [6.07, 6.45) is 11.6. The molecule has 1 aromatic heterocycles. The Morgan fingerprint density at radius 3 is 2.32 bits per heavy atom. The molecule has 2 aliphatic rings. The highest BCUT2D eigenvalue weighted by atomic mass is 16.6. The van der Waals surface area contributed by atoms with E-state index in [0.717, 1.165) is 61.2 Å². The summed E-state index contributed by atoms with van der Waals surface area (Å²) in [6, 6.07) is 8.81. The summed E-state index contributed by atoms with van der Waals surface area (Å²) in [5.74, 6) is 0.934. The summed E-state index contributed by atoms with van der Waals surface area (Å²) in [7, 11) is 0. The first-order valence-corrected chi connectivity index (χ1v) is 15.5. The molecule has 6 heteroatoms. The molecular formula is C35H53N3O3. The number of carbonyl (C=O) groups excluding carboxylic acids is 1. The number of nitrogens with two attached hydrogens (primary N) is 1. The number of hydrogen-bond acceptors (Lipinski definition) is 5. The van der Waals surface area contributed by atoms with E-state index in [2.05, 4.69) is 29.2 Å². The number of ether oxygens (including phenoxy) is 2. The molecule has 6 nitrogen and oxygen atoms in total. The Kier molecular flexibility index (Phi) is 13.6. The highest BCUT2D eigenvalue weighted by Crippen LogP contribution is 2.41. The summed E-state index contributed by atoms with van der Waals surface area (Å²) in [4.78, 5) is 19.6. The van der Waals surface area contributed by atoms with Crippen LogP contribution in [0.3, 0.4) is 0 Å². The van der Waals surface area contributed by atoms with E-state index in [4.69, 9.17) is 15.2 Å². The Bertz CT molecular complexity index is 1170. The predicted molar refractivity (Wildman–Crippen MR) is 173 cm³/mol. The molecule has 4 rings (SSSR count). The topological polar surface area (TPSA) is 77.7 Å². The lowest BCUT2D eigenvalue weighted by atomic mass is 9.83. The van der Waals surface area contributed by atoms with Crippen molar-refractivity contribution in [1.82, 2.24) is 9.88 Å². The number of hydrogen-bond donors (Lipinski definition) is 1. The van der Waals surface area contributed by atoms with Crippen LogP contribution in [0.4, 0.5) is 10.6 Å². The Morgan fingerprint density at radius 2 is 1.71 bits per heavy atom. The van der Waals surface area contributed by atoms with Crippen LogP contribution < -0.4 is 5.73 Å². The van der Waals surface area contributed by atoms with Crippen molar-refractivity contribution >= 4 is 17.5 Å². The number of allylic oxidation sites excluding steroid dienone is 4. The monoisotopic (exact) mass is 563 g/mol. The van der Waals surface area contributed by atoms with Crippen molar-refractivity contribution in [1.29, 1.82) is 0 Å². The van der Waals surface area contributed by atoms with Gasteiger partial charge in [-0.15, -0.1) is 0 Å². The number of nitrogen functional groups attached to an aromatic ring is 1. The van der Waals surface area contributed by atoms with Gasteiger partial charge in [0.2, 0.25) is 0 Å².